The van der Waals surface area contributed by atoms with Gasteiger partial charge in [-0.15, -0.1) is 0 Å². The normalized spacial score (nSPS) is 10.6. The molecule has 2 N–H and O–H groups in total. The summed E-state index contributed by atoms with van der Waals surface area (Å²) < 4.78 is 5.08. The number of nitrogen functional groups attached to an aromatic ring is 1. The van der Waals surface area contributed by atoms with E-state index in [1.807, 2.05) is 36.4 Å². The predicted molar refractivity (Wildman–Crippen MR) is 68.4 cm³/mol. The smallest absolute Gasteiger partial charge is 0.141 e. The number of nitrogens with zero attached hydrogens (tertiary/aromatic N) is 2. The van der Waals surface area contributed by atoms with Crippen LogP contribution in [-0.2, 0) is 0 Å². The highest BCUT2D eigenvalue weighted by Gasteiger charge is 1.92. The number of benzene rings is 1. The third-order valence-corrected chi connectivity index (χ3v) is 2.25. The molecule has 0 radical (unpaired) electrons. The second-order valence-corrected chi connectivity index (χ2v) is 3.47. The van der Waals surface area contributed by atoms with Crippen molar-refractivity contribution in [1.29, 1.82) is 0 Å². The zero-order valence-corrected chi connectivity index (χ0v) is 9.50. The molecule has 0 spiro atoms. The van der Waals surface area contributed by atoms with Gasteiger partial charge in [-0.2, -0.15) is 0 Å². The molecule has 0 aliphatic rings. The lowest BCUT2D eigenvalue weighted by Gasteiger charge is -1.99. The van der Waals surface area contributed by atoms with Crippen LogP contribution < -0.4 is 10.5 Å². The van der Waals surface area contributed by atoms with Gasteiger partial charge in [-0.25, -0.2) is 4.98 Å². The molecular weight excluding hydrogens is 214 g/mol. The molecule has 2 rings (SSSR count). The Hall–Kier alpha value is -2.36. The van der Waals surface area contributed by atoms with Gasteiger partial charge in [0.1, 0.15) is 11.6 Å². The maximum Gasteiger partial charge on any atom is 0.141 e. The fraction of sp³-hybridized carbons (Fsp3) is 0.0769. The Bertz CT molecular complexity index is 503. The van der Waals surface area contributed by atoms with Gasteiger partial charge in [0.05, 0.1) is 25.2 Å². The molecule has 0 bridgehead atoms. The number of rotatable bonds is 3. The van der Waals surface area contributed by atoms with Gasteiger partial charge in [-0.05, 0) is 23.8 Å². The summed E-state index contributed by atoms with van der Waals surface area (Å²) in [6.45, 7) is 0. The van der Waals surface area contributed by atoms with Crippen LogP contribution >= 0.6 is 0 Å². The van der Waals surface area contributed by atoms with Gasteiger partial charge in [0.25, 0.3) is 0 Å². The van der Waals surface area contributed by atoms with Crippen molar-refractivity contribution in [2.45, 2.75) is 0 Å². The number of nitrogens with two attached hydrogens (primary N) is 1. The van der Waals surface area contributed by atoms with Gasteiger partial charge in [0, 0.05) is 0 Å². The fourth-order valence-electron chi connectivity index (χ4n) is 1.33. The van der Waals surface area contributed by atoms with E-state index in [2.05, 4.69) is 9.97 Å². The molecule has 0 amide bonds. The summed E-state index contributed by atoms with van der Waals surface area (Å²) in [5.41, 5.74) is 7.30. The minimum absolute atomic E-state index is 0.423. The van der Waals surface area contributed by atoms with E-state index in [9.17, 15) is 0 Å². The molecule has 4 heteroatoms. The third-order valence-electron chi connectivity index (χ3n) is 2.25. The number of anilines is 1. The molecule has 0 saturated heterocycles. The van der Waals surface area contributed by atoms with Crippen molar-refractivity contribution in [1.82, 2.24) is 9.97 Å². The maximum absolute atomic E-state index is 5.45. The zero-order valence-electron chi connectivity index (χ0n) is 9.50. The summed E-state index contributed by atoms with van der Waals surface area (Å²) in [7, 11) is 1.65. The lowest BCUT2D eigenvalue weighted by Crippen LogP contribution is -1.91. The van der Waals surface area contributed by atoms with Crippen LogP contribution in [0.1, 0.15) is 11.3 Å². The average molecular weight is 227 g/mol. The van der Waals surface area contributed by atoms with Crippen LogP contribution in [0.3, 0.4) is 0 Å². The Balaban J connectivity index is 2.11. The van der Waals surface area contributed by atoms with Crippen LogP contribution in [0.15, 0.2) is 36.7 Å². The number of hydrogen-bond acceptors (Lipinski definition) is 4. The first-order valence-corrected chi connectivity index (χ1v) is 5.17. The molecule has 1 aromatic carbocycles. The Labute approximate surface area is 99.8 Å². The summed E-state index contributed by atoms with van der Waals surface area (Å²) in [5, 5.41) is 0. The van der Waals surface area contributed by atoms with Gasteiger partial charge in [-0.1, -0.05) is 18.2 Å². The third kappa shape index (κ3) is 3.04. The SMILES string of the molecule is COc1ccc(/C=C/c2cnc(N)cn2)cc1. The molecule has 1 heterocycles. The Morgan fingerprint density at radius 3 is 2.41 bits per heavy atom. The van der Waals surface area contributed by atoms with Crippen molar-refractivity contribution in [3.8, 4) is 5.75 Å². The average Bonchev–Trinajstić information content (AvgIpc) is 2.39. The molecule has 17 heavy (non-hydrogen) atoms. The highest BCUT2D eigenvalue weighted by molar-refractivity contribution is 5.68. The van der Waals surface area contributed by atoms with E-state index in [1.54, 1.807) is 13.3 Å². The maximum atomic E-state index is 5.45. The zero-order chi connectivity index (χ0) is 12.1. The van der Waals surface area contributed by atoms with Gasteiger partial charge in [-0.3, -0.25) is 4.98 Å². The van der Waals surface area contributed by atoms with Crippen LogP contribution in [-0.4, -0.2) is 17.1 Å². The molecule has 0 unspecified atom stereocenters. The lowest BCUT2D eigenvalue weighted by atomic mass is 10.2. The first-order chi connectivity index (χ1) is 8.28. The molecule has 4 nitrogen and oxygen atoms in total. The second-order valence-electron chi connectivity index (χ2n) is 3.47. The molecule has 0 aliphatic carbocycles. The van der Waals surface area contributed by atoms with Crippen molar-refractivity contribution in [2.75, 3.05) is 12.8 Å². The Kier molecular flexibility index (Phi) is 3.35. The van der Waals surface area contributed by atoms with Gasteiger partial charge in [0.15, 0.2) is 0 Å². The molecule has 2 aromatic rings. The van der Waals surface area contributed by atoms with E-state index >= 15 is 0 Å². The molecule has 1 aromatic heterocycles. The highest BCUT2D eigenvalue weighted by atomic mass is 16.5. The van der Waals surface area contributed by atoms with E-state index in [0.717, 1.165) is 17.0 Å². The summed E-state index contributed by atoms with van der Waals surface area (Å²) in [6.07, 6.45) is 7.01. The van der Waals surface area contributed by atoms with Crippen molar-refractivity contribution in [3.05, 3.63) is 47.9 Å². The summed E-state index contributed by atoms with van der Waals surface area (Å²) >= 11 is 0. The minimum atomic E-state index is 0.423. The predicted octanol–water partition coefficient (Wildman–Crippen LogP) is 2.24. The highest BCUT2D eigenvalue weighted by Crippen LogP contribution is 2.13. The van der Waals surface area contributed by atoms with E-state index in [-0.39, 0.29) is 0 Å². The number of hydrogen-bond donors (Lipinski definition) is 1. The van der Waals surface area contributed by atoms with E-state index in [4.69, 9.17) is 10.5 Å². The minimum Gasteiger partial charge on any atom is -0.497 e. The Morgan fingerprint density at radius 1 is 1.06 bits per heavy atom. The number of ether oxygens (including phenoxy) is 1. The monoisotopic (exact) mass is 227 g/mol. The lowest BCUT2D eigenvalue weighted by molar-refractivity contribution is 0.415. The number of aromatic nitrogens is 2. The van der Waals surface area contributed by atoms with Gasteiger partial charge in [0.2, 0.25) is 0 Å². The van der Waals surface area contributed by atoms with Crippen molar-refractivity contribution in [2.24, 2.45) is 0 Å². The quantitative estimate of drug-likeness (QED) is 0.873. The molecule has 86 valence electrons. The molecule has 0 atom stereocenters. The Morgan fingerprint density at radius 2 is 1.82 bits per heavy atom. The van der Waals surface area contributed by atoms with Gasteiger partial charge < -0.3 is 10.5 Å². The van der Waals surface area contributed by atoms with Crippen LogP contribution in [0.5, 0.6) is 5.75 Å². The van der Waals surface area contributed by atoms with Crippen molar-refractivity contribution < 1.29 is 4.74 Å². The molecule has 0 fully saturated rings. The molecule has 0 aliphatic heterocycles. The van der Waals surface area contributed by atoms with Gasteiger partial charge >= 0.3 is 0 Å². The molecule has 0 saturated carbocycles. The largest absolute Gasteiger partial charge is 0.497 e. The standard InChI is InChI=1S/C13H13N3O/c1-17-12-6-3-10(4-7-12)2-5-11-8-16-13(14)9-15-11/h2-9H,1H3,(H2,14,16)/b5-2+. The first kappa shape index (κ1) is 11.1. The number of methoxy groups -OCH3 is 1. The second kappa shape index (κ2) is 5.12. The van der Waals surface area contributed by atoms with Crippen molar-refractivity contribution in [3.63, 3.8) is 0 Å². The molecular formula is C13H13N3O. The summed E-state index contributed by atoms with van der Waals surface area (Å²) in [6, 6.07) is 7.77. The van der Waals surface area contributed by atoms with E-state index < -0.39 is 0 Å². The first-order valence-electron chi connectivity index (χ1n) is 5.17. The van der Waals surface area contributed by atoms with Crippen LogP contribution in [0.2, 0.25) is 0 Å². The summed E-state index contributed by atoms with van der Waals surface area (Å²) in [4.78, 5) is 8.09. The van der Waals surface area contributed by atoms with Crippen LogP contribution in [0.4, 0.5) is 5.82 Å². The summed E-state index contributed by atoms with van der Waals surface area (Å²) in [5.74, 6) is 1.26. The van der Waals surface area contributed by atoms with Crippen molar-refractivity contribution >= 4 is 18.0 Å². The topological polar surface area (TPSA) is 61.0 Å². The van der Waals surface area contributed by atoms with E-state index in [0.29, 0.717) is 5.82 Å². The van der Waals surface area contributed by atoms with Crippen LogP contribution in [0, 0.1) is 0 Å². The van der Waals surface area contributed by atoms with E-state index in [1.165, 1.54) is 6.20 Å². The van der Waals surface area contributed by atoms with Crippen LogP contribution in [0.25, 0.3) is 12.2 Å². The fourth-order valence-corrected chi connectivity index (χ4v) is 1.33.